The standard InChI is InChI=1S/C24H19BrN2O5/c25-16-5-7-17(8-6-16)26-19(28)12-32-24(31)13-3-9-18(10-4-13)27-22(29)20-14-1-2-15(11-14)21(20)23(27)30/h1-10,14-15,20-21H,11-12H2,(H,26,28)/t14-,15-,20-,21+/m0/s1. The van der Waals surface area contributed by atoms with Crippen molar-refractivity contribution in [3.05, 3.63) is 70.7 Å². The van der Waals surface area contributed by atoms with E-state index in [0.29, 0.717) is 11.4 Å². The smallest absolute Gasteiger partial charge is 0.338 e. The molecule has 3 amide bonds. The maximum atomic E-state index is 12.9. The van der Waals surface area contributed by atoms with E-state index in [1.165, 1.54) is 17.0 Å². The van der Waals surface area contributed by atoms with Crippen LogP contribution in [0.2, 0.25) is 0 Å². The summed E-state index contributed by atoms with van der Waals surface area (Å²) >= 11 is 3.32. The van der Waals surface area contributed by atoms with Gasteiger partial charge in [-0.3, -0.25) is 19.3 Å². The molecule has 2 aromatic carbocycles. The van der Waals surface area contributed by atoms with Crippen LogP contribution in [0.4, 0.5) is 11.4 Å². The number of rotatable bonds is 5. The van der Waals surface area contributed by atoms with Crippen LogP contribution in [0, 0.1) is 23.7 Å². The number of anilines is 2. The summed E-state index contributed by atoms with van der Waals surface area (Å²) < 4.78 is 5.96. The molecule has 3 aliphatic rings. The number of hydrogen-bond donors (Lipinski definition) is 1. The Morgan fingerprint density at radius 2 is 1.53 bits per heavy atom. The predicted molar refractivity (Wildman–Crippen MR) is 120 cm³/mol. The van der Waals surface area contributed by atoms with Gasteiger partial charge in [-0.2, -0.15) is 0 Å². The molecule has 7 nitrogen and oxygen atoms in total. The van der Waals surface area contributed by atoms with Crippen LogP contribution in [0.5, 0.6) is 0 Å². The van der Waals surface area contributed by atoms with Gasteiger partial charge in [-0.1, -0.05) is 28.1 Å². The van der Waals surface area contributed by atoms with Gasteiger partial charge in [-0.25, -0.2) is 4.79 Å². The zero-order valence-electron chi connectivity index (χ0n) is 16.9. The summed E-state index contributed by atoms with van der Waals surface area (Å²) in [4.78, 5) is 51.3. The molecule has 8 heteroatoms. The highest BCUT2D eigenvalue weighted by molar-refractivity contribution is 9.10. The first kappa shape index (κ1) is 20.6. The molecule has 162 valence electrons. The molecule has 5 rings (SSSR count). The van der Waals surface area contributed by atoms with Crippen LogP contribution in [0.1, 0.15) is 16.8 Å². The van der Waals surface area contributed by atoms with Gasteiger partial charge < -0.3 is 10.1 Å². The number of imide groups is 1. The average molecular weight is 495 g/mol. The highest BCUT2D eigenvalue weighted by Crippen LogP contribution is 2.53. The van der Waals surface area contributed by atoms with Crippen molar-refractivity contribution >= 4 is 51.0 Å². The van der Waals surface area contributed by atoms with Gasteiger partial charge in [0.2, 0.25) is 11.8 Å². The third-order valence-electron chi connectivity index (χ3n) is 6.29. The number of benzene rings is 2. The molecule has 1 heterocycles. The molecule has 2 fully saturated rings. The van der Waals surface area contributed by atoms with E-state index in [2.05, 4.69) is 21.2 Å². The molecule has 0 radical (unpaired) electrons. The molecule has 1 aliphatic heterocycles. The second-order valence-corrected chi connectivity index (χ2v) is 9.11. The largest absolute Gasteiger partial charge is 0.452 e. The highest BCUT2D eigenvalue weighted by Gasteiger charge is 2.59. The molecule has 0 spiro atoms. The van der Waals surface area contributed by atoms with Crippen molar-refractivity contribution in [2.75, 3.05) is 16.8 Å². The third-order valence-corrected chi connectivity index (χ3v) is 6.82. The van der Waals surface area contributed by atoms with Crippen LogP contribution in [-0.4, -0.2) is 30.3 Å². The summed E-state index contributed by atoms with van der Waals surface area (Å²) in [5.74, 6) is -1.72. The maximum Gasteiger partial charge on any atom is 0.338 e. The average Bonchev–Trinajstić information content (AvgIpc) is 3.47. The summed E-state index contributed by atoms with van der Waals surface area (Å²) in [5.41, 5.74) is 1.26. The number of allylic oxidation sites excluding steroid dienone is 2. The second kappa shape index (κ2) is 8.02. The molecule has 0 unspecified atom stereocenters. The minimum absolute atomic E-state index is 0.143. The van der Waals surface area contributed by atoms with Gasteiger partial charge in [0.15, 0.2) is 6.61 Å². The Morgan fingerprint density at radius 3 is 2.12 bits per heavy atom. The first-order chi connectivity index (χ1) is 15.4. The number of nitrogens with one attached hydrogen (secondary N) is 1. The lowest BCUT2D eigenvalue weighted by Gasteiger charge is -2.17. The Kier molecular flexibility index (Phi) is 5.17. The van der Waals surface area contributed by atoms with E-state index < -0.39 is 18.5 Å². The second-order valence-electron chi connectivity index (χ2n) is 8.19. The number of nitrogens with zero attached hydrogens (tertiary/aromatic N) is 1. The van der Waals surface area contributed by atoms with E-state index in [4.69, 9.17) is 4.74 Å². The summed E-state index contributed by atoms with van der Waals surface area (Å²) in [5, 5.41) is 2.64. The fourth-order valence-electron chi connectivity index (χ4n) is 4.85. The summed E-state index contributed by atoms with van der Waals surface area (Å²) in [7, 11) is 0. The van der Waals surface area contributed by atoms with Crippen LogP contribution in [0.25, 0.3) is 0 Å². The fraction of sp³-hybridized carbons (Fsp3) is 0.250. The molecule has 2 aliphatic carbocycles. The first-order valence-electron chi connectivity index (χ1n) is 10.3. The number of fused-ring (bicyclic) bond motifs is 5. The zero-order valence-corrected chi connectivity index (χ0v) is 18.4. The number of halogens is 1. The Morgan fingerprint density at radius 1 is 0.938 bits per heavy atom. The zero-order chi connectivity index (χ0) is 22.4. The molecule has 1 saturated carbocycles. The monoisotopic (exact) mass is 494 g/mol. The summed E-state index contributed by atoms with van der Waals surface area (Å²) in [6, 6.07) is 13.1. The number of carbonyl (C=O) groups is 4. The molecule has 0 aromatic heterocycles. The topological polar surface area (TPSA) is 92.8 Å². The fourth-order valence-corrected chi connectivity index (χ4v) is 5.11. The van der Waals surface area contributed by atoms with E-state index >= 15 is 0 Å². The normalized spacial score (nSPS) is 25.2. The van der Waals surface area contributed by atoms with Crippen molar-refractivity contribution in [2.24, 2.45) is 23.7 Å². The number of carbonyl (C=O) groups excluding carboxylic acids is 4. The number of hydrogen-bond acceptors (Lipinski definition) is 5. The predicted octanol–water partition coefficient (Wildman–Crippen LogP) is 3.56. The van der Waals surface area contributed by atoms with E-state index in [1.807, 2.05) is 12.2 Å². The summed E-state index contributed by atoms with van der Waals surface area (Å²) in [6.07, 6.45) is 4.97. The molecule has 32 heavy (non-hydrogen) atoms. The van der Waals surface area contributed by atoms with Crippen molar-refractivity contribution < 1.29 is 23.9 Å². The Hall–Kier alpha value is -3.26. The third kappa shape index (κ3) is 3.54. The van der Waals surface area contributed by atoms with Crippen LogP contribution in [0.15, 0.2) is 65.2 Å². The molecule has 2 bridgehead atoms. The van der Waals surface area contributed by atoms with Crippen LogP contribution < -0.4 is 10.2 Å². The Bertz CT molecular complexity index is 1110. The van der Waals surface area contributed by atoms with E-state index in [-0.39, 0.29) is 41.0 Å². The highest BCUT2D eigenvalue weighted by atomic mass is 79.9. The maximum absolute atomic E-state index is 12.9. The van der Waals surface area contributed by atoms with Crippen LogP contribution in [-0.2, 0) is 19.1 Å². The molecule has 4 atom stereocenters. The van der Waals surface area contributed by atoms with Crippen molar-refractivity contribution in [3.8, 4) is 0 Å². The van der Waals surface area contributed by atoms with Crippen molar-refractivity contribution in [1.82, 2.24) is 0 Å². The lowest BCUT2D eigenvalue weighted by Crippen LogP contribution is -2.32. The number of amides is 3. The lowest BCUT2D eigenvalue weighted by molar-refractivity contribution is -0.123. The first-order valence-corrected chi connectivity index (χ1v) is 11.1. The Balaban J connectivity index is 1.20. The minimum atomic E-state index is -0.666. The molecular formula is C24H19BrN2O5. The number of ether oxygens (including phenoxy) is 1. The quantitative estimate of drug-likeness (QED) is 0.389. The van der Waals surface area contributed by atoms with E-state index in [0.717, 1.165) is 10.9 Å². The van der Waals surface area contributed by atoms with Gasteiger partial charge in [0.05, 0.1) is 23.1 Å². The lowest BCUT2D eigenvalue weighted by atomic mass is 9.85. The van der Waals surface area contributed by atoms with Crippen LogP contribution >= 0.6 is 15.9 Å². The van der Waals surface area contributed by atoms with Gasteiger partial charge in [0.25, 0.3) is 5.91 Å². The SMILES string of the molecule is O=C(COC(=O)c1ccc(N2C(=O)[C@@H]3[C@H](C2=O)[C@H]2C=C[C@H]3C2)cc1)Nc1ccc(Br)cc1. The Labute approximate surface area is 192 Å². The minimum Gasteiger partial charge on any atom is -0.452 e. The van der Waals surface area contributed by atoms with Crippen molar-refractivity contribution in [1.29, 1.82) is 0 Å². The summed E-state index contributed by atoms with van der Waals surface area (Å²) in [6.45, 7) is -0.432. The van der Waals surface area contributed by atoms with Gasteiger partial charge in [-0.15, -0.1) is 0 Å². The van der Waals surface area contributed by atoms with Gasteiger partial charge in [0, 0.05) is 10.2 Å². The van der Waals surface area contributed by atoms with E-state index in [9.17, 15) is 19.2 Å². The molecular weight excluding hydrogens is 476 g/mol. The number of esters is 1. The van der Waals surface area contributed by atoms with Crippen molar-refractivity contribution in [3.63, 3.8) is 0 Å². The van der Waals surface area contributed by atoms with Crippen molar-refractivity contribution in [2.45, 2.75) is 6.42 Å². The van der Waals surface area contributed by atoms with Crippen LogP contribution in [0.3, 0.4) is 0 Å². The molecule has 1 N–H and O–H groups in total. The van der Waals surface area contributed by atoms with Gasteiger partial charge in [0.1, 0.15) is 0 Å². The molecule has 2 aromatic rings. The van der Waals surface area contributed by atoms with E-state index in [1.54, 1.807) is 36.4 Å². The molecule has 1 saturated heterocycles. The van der Waals surface area contributed by atoms with Gasteiger partial charge >= 0.3 is 5.97 Å². The van der Waals surface area contributed by atoms with Gasteiger partial charge in [-0.05, 0) is 66.8 Å².